The number of methoxy groups -OCH3 is 1. The molecule has 0 atom stereocenters. The van der Waals surface area contributed by atoms with Crippen molar-refractivity contribution in [2.45, 2.75) is 25.3 Å². The molecule has 0 radical (unpaired) electrons. The number of hydrogen-bond acceptors (Lipinski definition) is 4. The van der Waals surface area contributed by atoms with Crippen LogP contribution in [0.1, 0.15) is 30.1 Å². The molecule has 1 fully saturated rings. The number of nitrogens with zero attached hydrogens (tertiary/aromatic N) is 1. The van der Waals surface area contributed by atoms with Gasteiger partial charge in [0.25, 0.3) is 0 Å². The van der Waals surface area contributed by atoms with Gasteiger partial charge >= 0.3 is 0 Å². The van der Waals surface area contributed by atoms with E-state index in [2.05, 4.69) is 18.0 Å². The summed E-state index contributed by atoms with van der Waals surface area (Å²) in [6.45, 7) is 2.78. The standard InChI is InChI=1S/C16H22N2O2/c1-18-7-5-11(6-8-18)15-9-13-12(10-17)3-4-14(19-2)16(13)20-15/h3-4,9,11H,5-8,10,17H2,1-2H3. The maximum atomic E-state index is 6.11. The first-order valence-corrected chi connectivity index (χ1v) is 7.21. The summed E-state index contributed by atoms with van der Waals surface area (Å²) in [5, 5.41) is 1.10. The predicted molar refractivity (Wildman–Crippen MR) is 80.1 cm³/mol. The van der Waals surface area contributed by atoms with E-state index >= 15 is 0 Å². The molecule has 4 heteroatoms. The van der Waals surface area contributed by atoms with Gasteiger partial charge in [-0.25, -0.2) is 0 Å². The van der Waals surface area contributed by atoms with Gasteiger partial charge in [0.05, 0.1) is 7.11 Å². The molecule has 1 aromatic carbocycles. The van der Waals surface area contributed by atoms with Gasteiger partial charge in [0.15, 0.2) is 11.3 Å². The number of benzene rings is 1. The first-order chi connectivity index (χ1) is 9.72. The maximum Gasteiger partial charge on any atom is 0.176 e. The Bertz CT molecular complexity index is 557. The Morgan fingerprint density at radius 1 is 1.35 bits per heavy atom. The van der Waals surface area contributed by atoms with Crippen LogP contribution in [0.25, 0.3) is 11.0 Å². The van der Waals surface area contributed by atoms with Crippen molar-refractivity contribution in [3.8, 4) is 5.75 Å². The van der Waals surface area contributed by atoms with E-state index in [-0.39, 0.29) is 0 Å². The van der Waals surface area contributed by atoms with Crippen LogP contribution in [-0.2, 0) is 6.54 Å². The highest BCUT2D eigenvalue weighted by Crippen LogP contribution is 2.37. The van der Waals surface area contributed by atoms with Crippen LogP contribution in [0.15, 0.2) is 22.6 Å². The fourth-order valence-corrected chi connectivity index (χ4v) is 3.01. The average molecular weight is 274 g/mol. The summed E-state index contributed by atoms with van der Waals surface area (Å²) in [4.78, 5) is 2.37. The highest BCUT2D eigenvalue weighted by Gasteiger charge is 2.23. The molecule has 0 unspecified atom stereocenters. The van der Waals surface area contributed by atoms with Gasteiger partial charge in [-0.1, -0.05) is 6.07 Å². The molecule has 0 saturated carbocycles. The van der Waals surface area contributed by atoms with Crippen molar-refractivity contribution in [1.82, 2.24) is 4.90 Å². The SMILES string of the molecule is COc1ccc(CN)c2cc(C3CCN(C)CC3)oc12. The van der Waals surface area contributed by atoms with Crippen molar-refractivity contribution in [2.24, 2.45) is 5.73 Å². The van der Waals surface area contributed by atoms with E-state index in [9.17, 15) is 0 Å². The topological polar surface area (TPSA) is 51.6 Å². The summed E-state index contributed by atoms with van der Waals surface area (Å²) in [6.07, 6.45) is 2.30. The van der Waals surface area contributed by atoms with Crippen LogP contribution in [0, 0.1) is 0 Å². The third kappa shape index (κ3) is 2.30. The van der Waals surface area contributed by atoms with Crippen LogP contribution in [-0.4, -0.2) is 32.1 Å². The molecule has 1 saturated heterocycles. The number of rotatable bonds is 3. The largest absolute Gasteiger partial charge is 0.493 e. The van der Waals surface area contributed by atoms with Crippen LogP contribution in [0.3, 0.4) is 0 Å². The molecule has 2 N–H and O–H groups in total. The highest BCUT2D eigenvalue weighted by atomic mass is 16.5. The molecule has 1 aliphatic rings. The molecule has 1 aliphatic heterocycles. The molecule has 2 aromatic rings. The third-order valence-electron chi connectivity index (χ3n) is 4.32. The Morgan fingerprint density at radius 3 is 2.75 bits per heavy atom. The van der Waals surface area contributed by atoms with Gasteiger partial charge in [0.1, 0.15) is 5.76 Å². The Labute approximate surface area is 119 Å². The number of furan rings is 1. The van der Waals surface area contributed by atoms with Crippen molar-refractivity contribution in [1.29, 1.82) is 0 Å². The van der Waals surface area contributed by atoms with Gasteiger partial charge in [-0.05, 0) is 50.7 Å². The normalized spacial score (nSPS) is 17.8. The summed E-state index contributed by atoms with van der Waals surface area (Å²) >= 11 is 0. The van der Waals surface area contributed by atoms with Crippen molar-refractivity contribution in [3.63, 3.8) is 0 Å². The summed E-state index contributed by atoms with van der Waals surface area (Å²) in [6, 6.07) is 6.12. The first kappa shape index (κ1) is 13.5. The quantitative estimate of drug-likeness (QED) is 0.935. The number of piperidine rings is 1. The van der Waals surface area contributed by atoms with E-state index in [1.54, 1.807) is 7.11 Å². The minimum atomic E-state index is 0.508. The van der Waals surface area contributed by atoms with Gasteiger partial charge in [0.2, 0.25) is 0 Å². The zero-order valence-electron chi connectivity index (χ0n) is 12.2. The minimum Gasteiger partial charge on any atom is -0.493 e. The molecule has 2 heterocycles. The lowest BCUT2D eigenvalue weighted by Gasteiger charge is -2.27. The Kier molecular flexibility index (Phi) is 3.68. The molecule has 108 valence electrons. The zero-order valence-corrected chi connectivity index (χ0v) is 12.2. The summed E-state index contributed by atoms with van der Waals surface area (Å²) in [5.74, 6) is 2.37. The second-order valence-corrected chi connectivity index (χ2v) is 5.60. The van der Waals surface area contributed by atoms with Gasteiger partial charge in [-0.2, -0.15) is 0 Å². The van der Waals surface area contributed by atoms with Crippen LogP contribution in [0.4, 0.5) is 0 Å². The number of ether oxygens (including phenoxy) is 1. The van der Waals surface area contributed by atoms with E-state index in [0.29, 0.717) is 12.5 Å². The van der Waals surface area contributed by atoms with Crippen molar-refractivity contribution >= 4 is 11.0 Å². The van der Waals surface area contributed by atoms with Crippen LogP contribution >= 0.6 is 0 Å². The molecule has 1 aromatic heterocycles. The van der Waals surface area contributed by atoms with E-state index in [1.807, 2.05) is 12.1 Å². The van der Waals surface area contributed by atoms with Gasteiger partial charge in [0, 0.05) is 17.8 Å². The van der Waals surface area contributed by atoms with Crippen molar-refractivity contribution in [3.05, 3.63) is 29.5 Å². The first-order valence-electron chi connectivity index (χ1n) is 7.21. The van der Waals surface area contributed by atoms with E-state index in [4.69, 9.17) is 14.9 Å². The summed E-state index contributed by atoms with van der Waals surface area (Å²) in [7, 11) is 3.85. The van der Waals surface area contributed by atoms with Crippen molar-refractivity contribution < 1.29 is 9.15 Å². The van der Waals surface area contributed by atoms with Crippen LogP contribution in [0.5, 0.6) is 5.75 Å². The second-order valence-electron chi connectivity index (χ2n) is 5.60. The number of fused-ring (bicyclic) bond motifs is 1. The molecule has 0 aliphatic carbocycles. The lowest BCUT2D eigenvalue weighted by molar-refractivity contribution is 0.242. The summed E-state index contributed by atoms with van der Waals surface area (Å²) in [5.41, 5.74) is 7.78. The fourth-order valence-electron chi connectivity index (χ4n) is 3.01. The number of nitrogens with two attached hydrogens (primary N) is 1. The Hall–Kier alpha value is -1.52. The maximum absolute atomic E-state index is 6.11. The molecule has 0 spiro atoms. The lowest BCUT2D eigenvalue weighted by atomic mass is 9.94. The lowest BCUT2D eigenvalue weighted by Crippen LogP contribution is -2.29. The minimum absolute atomic E-state index is 0.508. The van der Waals surface area contributed by atoms with E-state index < -0.39 is 0 Å². The Morgan fingerprint density at radius 2 is 2.10 bits per heavy atom. The average Bonchev–Trinajstić information content (AvgIpc) is 2.92. The van der Waals surface area contributed by atoms with E-state index in [1.165, 1.54) is 0 Å². The molecule has 3 rings (SSSR count). The molecular formula is C16H22N2O2. The smallest absolute Gasteiger partial charge is 0.176 e. The van der Waals surface area contributed by atoms with Crippen LogP contribution < -0.4 is 10.5 Å². The third-order valence-corrected chi connectivity index (χ3v) is 4.32. The number of hydrogen-bond donors (Lipinski definition) is 1. The summed E-state index contributed by atoms with van der Waals surface area (Å²) < 4.78 is 11.5. The van der Waals surface area contributed by atoms with Crippen molar-refractivity contribution in [2.75, 3.05) is 27.2 Å². The van der Waals surface area contributed by atoms with Gasteiger partial charge in [-0.3, -0.25) is 0 Å². The molecule has 20 heavy (non-hydrogen) atoms. The molecule has 4 nitrogen and oxygen atoms in total. The monoisotopic (exact) mass is 274 g/mol. The van der Waals surface area contributed by atoms with Gasteiger partial charge in [-0.15, -0.1) is 0 Å². The van der Waals surface area contributed by atoms with Gasteiger partial charge < -0.3 is 19.8 Å². The molecular weight excluding hydrogens is 252 g/mol. The molecule has 0 bridgehead atoms. The fraction of sp³-hybridized carbons (Fsp3) is 0.500. The Balaban J connectivity index is 2.01. The molecule has 0 amide bonds. The van der Waals surface area contributed by atoms with Crippen LogP contribution in [0.2, 0.25) is 0 Å². The second kappa shape index (κ2) is 5.46. The predicted octanol–water partition coefficient (Wildman–Crippen LogP) is 2.71. The van der Waals surface area contributed by atoms with E-state index in [0.717, 1.165) is 54.0 Å². The number of likely N-dealkylation sites (tertiary alicyclic amines) is 1. The zero-order chi connectivity index (χ0) is 14.1. The highest BCUT2D eigenvalue weighted by molar-refractivity contribution is 5.87.